The summed E-state index contributed by atoms with van der Waals surface area (Å²) in [6.07, 6.45) is 3.79. The van der Waals surface area contributed by atoms with Gasteiger partial charge in [0.05, 0.1) is 17.1 Å². The fourth-order valence-electron chi connectivity index (χ4n) is 3.46. The highest BCUT2D eigenvalue weighted by molar-refractivity contribution is 8.00. The van der Waals surface area contributed by atoms with E-state index in [1.54, 1.807) is 6.26 Å². The molecular formula is C21H21FN4O3S. The van der Waals surface area contributed by atoms with Crippen LogP contribution in [0.2, 0.25) is 0 Å². The molecule has 0 N–H and O–H groups in total. The van der Waals surface area contributed by atoms with E-state index in [9.17, 15) is 14.0 Å². The first-order valence-corrected chi connectivity index (χ1v) is 10.6. The standard InChI is InChI=1S/C21H21FN4O3S/c1-13-16(10-12-29-13)18-23-24-21(25(18)2)30-17-5-3-4-11-26(20(17)28)19(27)14-6-8-15(22)9-7-14/h6-10,12,17H,3-5,11H2,1-2H3. The Hall–Kier alpha value is -2.94. The number of nitrogens with zero attached hydrogens (tertiary/aromatic N) is 4. The van der Waals surface area contributed by atoms with Gasteiger partial charge in [0, 0.05) is 19.2 Å². The summed E-state index contributed by atoms with van der Waals surface area (Å²) in [5.74, 6) is 0.317. The summed E-state index contributed by atoms with van der Waals surface area (Å²) in [5, 5.41) is 8.65. The molecule has 0 aliphatic carbocycles. The molecule has 0 saturated carbocycles. The number of amides is 2. The van der Waals surface area contributed by atoms with Crippen LogP contribution in [0.25, 0.3) is 11.4 Å². The Kier molecular flexibility index (Phi) is 5.72. The van der Waals surface area contributed by atoms with Gasteiger partial charge in [-0.15, -0.1) is 10.2 Å². The van der Waals surface area contributed by atoms with Crippen LogP contribution < -0.4 is 0 Å². The van der Waals surface area contributed by atoms with Gasteiger partial charge in [-0.2, -0.15) is 0 Å². The lowest BCUT2D eigenvalue weighted by Gasteiger charge is -2.22. The Morgan fingerprint density at radius 3 is 2.67 bits per heavy atom. The number of carbonyl (C=O) groups is 2. The van der Waals surface area contributed by atoms with E-state index in [0.717, 1.165) is 24.2 Å². The predicted octanol–water partition coefficient (Wildman–Crippen LogP) is 3.84. The third kappa shape index (κ3) is 3.89. The van der Waals surface area contributed by atoms with E-state index in [-0.39, 0.29) is 5.91 Å². The average Bonchev–Trinajstić information content (AvgIpc) is 3.26. The summed E-state index contributed by atoms with van der Waals surface area (Å²) in [6.45, 7) is 2.20. The third-order valence-corrected chi connectivity index (χ3v) is 6.45. The highest BCUT2D eigenvalue weighted by Gasteiger charge is 2.33. The van der Waals surface area contributed by atoms with Crippen molar-refractivity contribution < 1.29 is 18.4 Å². The molecular weight excluding hydrogens is 407 g/mol. The smallest absolute Gasteiger partial charge is 0.260 e. The lowest BCUT2D eigenvalue weighted by atomic mass is 10.2. The number of rotatable bonds is 4. The molecule has 1 unspecified atom stereocenters. The van der Waals surface area contributed by atoms with Crippen LogP contribution in [-0.2, 0) is 11.8 Å². The minimum atomic E-state index is -0.446. The SMILES string of the molecule is Cc1occc1-c1nnc(SC2CCCCN(C(=O)c3ccc(F)cc3)C2=O)n1C. The number of likely N-dealkylation sites (tertiary alicyclic amines) is 1. The van der Waals surface area contributed by atoms with Crippen molar-refractivity contribution in [1.82, 2.24) is 19.7 Å². The Balaban J connectivity index is 1.55. The first kappa shape index (κ1) is 20.3. The molecule has 1 aliphatic heterocycles. The number of thioether (sulfide) groups is 1. The zero-order valence-corrected chi connectivity index (χ0v) is 17.5. The highest BCUT2D eigenvalue weighted by Crippen LogP contribution is 2.32. The normalized spacial score (nSPS) is 17.2. The topological polar surface area (TPSA) is 81.2 Å². The number of carbonyl (C=O) groups excluding carboxylic acids is 2. The molecule has 3 heterocycles. The highest BCUT2D eigenvalue weighted by atomic mass is 32.2. The first-order chi connectivity index (χ1) is 14.5. The quantitative estimate of drug-likeness (QED) is 0.588. The molecule has 0 bridgehead atoms. The van der Waals surface area contributed by atoms with E-state index in [4.69, 9.17) is 4.42 Å². The van der Waals surface area contributed by atoms with Gasteiger partial charge in [-0.25, -0.2) is 4.39 Å². The van der Waals surface area contributed by atoms with Gasteiger partial charge in [-0.05, 0) is 50.1 Å². The summed E-state index contributed by atoms with van der Waals surface area (Å²) in [5.41, 5.74) is 1.14. The van der Waals surface area contributed by atoms with Gasteiger partial charge >= 0.3 is 0 Å². The van der Waals surface area contributed by atoms with Crippen LogP contribution in [0.4, 0.5) is 4.39 Å². The zero-order valence-electron chi connectivity index (χ0n) is 16.7. The Morgan fingerprint density at radius 1 is 1.20 bits per heavy atom. The molecule has 1 aromatic carbocycles. The number of hydrogen-bond donors (Lipinski definition) is 0. The fourth-order valence-corrected chi connectivity index (χ4v) is 4.56. The number of aryl methyl sites for hydroxylation is 1. The van der Waals surface area contributed by atoms with Crippen LogP contribution >= 0.6 is 11.8 Å². The molecule has 156 valence electrons. The number of furan rings is 1. The van der Waals surface area contributed by atoms with Crippen molar-refractivity contribution in [3.05, 3.63) is 53.7 Å². The van der Waals surface area contributed by atoms with Gasteiger partial charge in [0.15, 0.2) is 11.0 Å². The molecule has 0 radical (unpaired) electrons. The van der Waals surface area contributed by atoms with Gasteiger partial charge in [0.25, 0.3) is 5.91 Å². The maximum Gasteiger partial charge on any atom is 0.260 e. The Morgan fingerprint density at radius 2 is 1.97 bits per heavy atom. The van der Waals surface area contributed by atoms with Gasteiger partial charge in [0.1, 0.15) is 11.6 Å². The van der Waals surface area contributed by atoms with E-state index in [2.05, 4.69) is 10.2 Å². The molecule has 1 aliphatic rings. The number of benzene rings is 1. The molecule has 0 spiro atoms. The van der Waals surface area contributed by atoms with Gasteiger partial charge in [0.2, 0.25) is 5.91 Å². The largest absolute Gasteiger partial charge is 0.469 e. The maximum absolute atomic E-state index is 13.2. The predicted molar refractivity (Wildman–Crippen MR) is 109 cm³/mol. The van der Waals surface area contributed by atoms with E-state index >= 15 is 0 Å². The van der Waals surface area contributed by atoms with Gasteiger partial charge < -0.3 is 8.98 Å². The number of halogens is 1. The molecule has 7 nitrogen and oxygen atoms in total. The summed E-state index contributed by atoms with van der Waals surface area (Å²) in [6, 6.07) is 7.08. The van der Waals surface area contributed by atoms with Crippen LogP contribution in [0, 0.1) is 12.7 Å². The van der Waals surface area contributed by atoms with Crippen LogP contribution in [0.15, 0.2) is 46.2 Å². The van der Waals surface area contributed by atoms with Gasteiger partial charge in [-0.3, -0.25) is 14.5 Å². The lowest BCUT2D eigenvalue weighted by molar-refractivity contribution is -0.127. The second-order valence-electron chi connectivity index (χ2n) is 7.16. The van der Waals surface area contributed by atoms with Crippen molar-refractivity contribution in [2.24, 2.45) is 7.05 Å². The molecule has 1 atom stereocenters. The second kappa shape index (κ2) is 8.43. The fraction of sp³-hybridized carbons (Fsp3) is 0.333. The summed E-state index contributed by atoms with van der Waals surface area (Å²) in [4.78, 5) is 27.3. The molecule has 9 heteroatoms. The zero-order chi connectivity index (χ0) is 21.3. The monoisotopic (exact) mass is 428 g/mol. The summed E-state index contributed by atoms with van der Waals surface area (Å²) < 4.78 is 20.4. The van der Waals surface area contributed by atoms with Crippen molar-refractivity contribution >= 4 is 23.6 Å². The number of hydrogen-bond acceptors (Lipinski definition) is 6. The van der Waals surface area contributed by atoms with Crippen LogP contribution in [0.1, 0.15) is 35.4 Å². The van der Waals surface area contributed by atoms with E-state index < -0.39 is 17.0 Å². The molecule has 30 heavy (non-hydrogen) atoms. The van der Waals surface area contributed by atoms with Crippen molar-refractivity contribution in [2.75, 3.05) is 6.54 Å². The number of imide groups is 1. The van der Waals surface area contributed by atoms with E-state index in [0.29, 0.717) is 29.5 Å². The van der Waals surface area contributed by atoms with E-state index in [1.165, 1.54) is 40.9 Å². The van der Waals surface area contributed by atoms with Crippen molar-refractivity contribution in [3.63, 3.8) is 0 Å². The van der Waals surface area contributed by atoms with Crippen molar-refractivity contribution in [3.8, 4) is 11.4 Å². The lowest BCUT2D eigenvalue weighted by Crippen LogP contribution is -2.41. The number of aromatic nitrogens is 3. The minimum Gasteiger partial charge on any atom is -0.469 e. The molecule has 4 rings (SSSR count). The summed E-state index contributed by atoms with van der Waals surface area (Å²) in [7, 11) is 1.84. The van der Waals surface area contributed by atoms with Gasteiger partial charge in [-0.1, -0.05) is 18.2 Å². The second-order valence-corrected chi connectivity index (χ2v) is 8.33. The molecule has 2 aromatic heterocycles. The summed E-state index contributed by atoms with van der Waals surface area (Å²) >= 11 is 1.31. The molecule has 3 aromatic rings. The Bertz CT molecular complexity index is 1080. The van der Waals surface area contributed by atoms with Crippen molar-refractivity contribution in [1.29, 1.82) is 0 Å². The van der Waals surface area contributed by atoms with Crippen LogP contribution in [0.5, 0.6) is 0 Å². The van der Waals surface area contributed by atoms with Crippen molar-refractivity contribution in [2.45, 2.75) is 36.6 Å². The first-order valence-electron chi connectivity index (χ1n) is 9.67. The average molecular weight is 428 g/mol. The molecule has 2 amide bonds. The maximum atomic E-state index is 13.2. The third-order valence-electron chi connectivity index (χ3n) is 5.16. The van der Waals surface area contributed by atoms with Crippen LogP contribution in [0.3, 0.4) is 0 Å². The van der Waals surface area contributed by atoms with Crippen LogP contribution in [-0.4, -0.2) is 43.3 Å². The minimum absolute atomic E-state index is 0.254. The molecule has 1 saturated heterocycles. The Labute approximate surface area is 177 Å². The van der Waals surface area contributed by atoms with E-state index in [1.807, 2.05) is 24.6 Å². The molecule has 1 fully saturated rings.